The molecule has 0 spiro atoms. The summed E-state index contributed by atoms with van der Waals surface area (Å²) >= 11 is 1.68. The molecule has 19 heavy (non-hydrogen) atoms. The van der Waals surface area contributed by atoms with E-state index in [1.807, 2.05) is 24.3 Å². The summed E-state index contributed by atoms with van der Waals surface area (Å²) in [4.78, 5) is 26.4. The number of hydrogen-bond donors (Lipinski definition) is 1. The van der Waals surface area contributed by atoms with Crippen LogP contribution in [0.4, 0.5) is 0 Å². The van der Waals surface area contributed by atoms with Gasteiger partial charge in [-0.05, 0) is 24.5 Å². The highest BCUT2D eigenvalue weighted by Gasteiger charge is 2.39. The molecule has 0 aliphatic carbocycles. The van der Waals surface area contributed by atoms with E-state index >= 15 is 0 Å². The van der Waals surface area contributed by atoms with Crippen LogP contribution in [0.1, 0.15) is 24.3 Å². The first kappa shape index (κ1) is 12.5. The summed E-state index contributed by atoms with van der Waals surface area (Å²) in [5.41, 5.74) is 1.05. The Balaban J connectivity index is 1.84. The number of carboxylic acids is 1. The normalized spacial score (nSPS) is 25.4. The summed E-state index contributed by atoms with van der Waals surface area (Å²) in [7, 11) is 0. The lowest BCUT2D eigenvalue weighted by atomic mass is 9.99. The first-order valence-corrected chi connectivity index (χ1v) is 7.42. The Morgan fingerprint density at radius 3 is 2.89 bits per heavy atom. The first-order chi connectivity index (χ1) is 9.18. The zero-order valence-electron chi connectivity index (χ0n) is 10.4. The van der Waals surface area contributed by atoms with Crippen LogP contribution in [0.3, 0.4) is 0 Å². The lowest BCUT2D eigenvalue weighted by Gasteiger charge is -2.24. The predicted octanol–water partition coefficient (Wildman–Crippen LogP) is 1.95. The lowest BCUT2D eigenvalue weighted by molar-refractivity contribution is -0.148. The number of rotatable bonds is 2. The van der Waals surface area contributed by atoms with Gasteiger partial charge in [0.2, 0.25) is 5.91 Å². The van der Waals surface area contributed by atoms with Crippen molar-refractivity contribution in [1.82, 2.24) is 4.90 Å². The zero-order chi connectivity index (χ0) is 13.4. The number of amides is 1. The van der Waals surface area contributed by atoms with Crippen molar-refractivity contribution in [2.24, 2.45) is 0 Å². The number of hydrogen-bond acceptors (Lipinski definition) is 3. The van der Waals surface area contributed by atoms with E-state index in [2.05, 4.69) is 0 Å². The molecule has 0 saturated carbocycles. The van der Waals surface area contributed by atoms with Gasteiger partial charge < -0.3 is 10.0 Å². The second-order valence-electron chi connectivity index (χ2n) is 4.93. The van der Waals surface area contributed by atoms with Gasteiger partial charge in [-0.3, -0.25) is 4.79 Å². The average molecular weight is 277 g/mol. The minimum absolute atomic E-state index is 0.0256. The number of aliphatic carboxylic acids is 1. The fourth-order valence-corrected chi connectivity index (χ4v) is 4.07. The highest BCUT2D eigenvalue weighted by molar-refractivity contribution is 7.99. The number of nitrogens with zero attached hydrogens (tertiary/aromatic N) is 1. The van der Waals surface area contributed by atoms with Crippen molar-refractivity contribution in [2.45, 2.75) is 29.7 Å². The number of carbonyl (C=O) groups excluding carboxylic acids is 1. The molecular weight excluding hydrogens is 262 g/mol. The van der Waals surface area contributed by atoms with Crippen LogP contribution in [0.25, 0.3) is 0 Å². The molecule has 1 fully saturated rings. The molecule has 0 aromatic heterocycles. The number of fused-ring (bicyclic) bond motifs is 1. The van der Waals surface area contributed by atoms with Crippen LogP contribution in [-0.4, -0.2) is 40.2 Å². The Kier molecular flexibility index (Phi) is 3.22. The molecular formula is C14H15NO3S. The van der Waals surface area contributed by atoms with Gasteiger partial charge in [0.1, 0.15) is 6.04 Å². The fraction of sp³-hybridized carbons (Fsp3) is 0.429. The third-order valence-corrected chi connectivity index (χ3v) is 5.00. The Labute approximate surface area is 115 Å². The van der Waals surface area contributed by atoms with Crippen molar-refractivity contribution in [1.29, 1.82) is 0 Å². The molecule has 100 valence electrons. The number of benzene rings is 1. The van der Waals surface area contributed by atoms with Crippen molar-refractivity contribution in [2.75, 3.05) is 12.3 Å². The van der Waals surface area contributed by atoms with Crippen molar-refractivity contribution in [3.8, 4) is 0 Å². The Bertz CT molecular complexity index is 531. The molecule has 3 rings (SSSR count). The molecule has 5 heteroatoms. The summed E-state index contributed by atoms with van der Waals surface area (Å²) < 4.78 is 0. The Morgan fingerprint density at radius 2 is 2.11 bits per heavy atom. The van der Waals surface area contributed by atoms with Gasteiger partial charge in [-0.25, -0.2) is 4.79 Å². The minimum Gasteiger partial charge on any atom is -0.480 e. The molecule has 1 saturated heterocycles. The number of thioether (sulfide) groups is 1. The van der Waals surface area contributed by atoms with E-state index in [9.17, 15) is 14.7 Å². The second-order valence-corrected chi connectivity index (χ2v) is 5.99. The van der Waals surface area contributed by atoms with Crippen LogP contribution in [0.2, 0.25) is 0 Å². The van der Waals surface area contributed by atoms with Crippen LogP contribution >= 0.6 is 11.8 Å². The van der Waals surface area contributed by atoms with Crippen LogP contribution in [-0.2, 0) is 9.59 Å². The van der Waals surface area contributed by atoms with E-state index in [0.29, 0.717) is 13.0 Å². The summed E-state index contributed by atoms with van der Waals surface area (Å²) in [5, 5.41) is 9.17. The molecule has 2 aliphatic rings. The molecule has 0 bridgehead atoms. The van der Waals surface area contributed by atoms with E-state index < -0.39 is 12.0 Å². The Hall–Kier alpha value is -1.49. The van der Waals surface area contributed by atoms with Crippen molar-refractivity contribution in [3.05, 3.63) is 29.8 Å². The standard InChI is InChI=1S/C14H15NO3S/c16-13(15-7-3-5-11(15)14(17)18)10-8-19-12-6-2-1-4-9(10)12/h1-2,4,6,10-11H,3,5,7-8H2,(H,17,18). The van der Waals surface area contributed by atoms with Crippen LogP contribution in [0.15, 0.2) is 29.2 Å². The van der Waals surface area contributed by atoms with Crippen molar-refractivity contribution >= 4 is 23.6 Å². The molecule has 1 aromatic carbocycles. The maximum atomic E-state index is 12.6. The molecule has 1 aromatic rings. The molecule has 4 nitrogen and oxygen atoms in total. The maximum Gasteiger partial charge on any atom is 0.326 e. The maximum absolute atomic E-state index is 12.6. The van der Waals surface area contributed by atoms with Crippen molar-refractivity contribution < 1.29 is 14.7 Å². The second kappa shape index (κ2) is 4.89. The minimum atomic E-state index is -0.884. The summed E-state index contributed by atoms with van der Waals surface area (Å²) in [6.07, 6.45) is 1.35. The number of carboxylic acid groups (broad SMARTS) is 1. The van der Waals surface area contributed by atoms with E-state index in [1.165, 1.54) is 0 Å². The number of likely N-dealkylation sites (tertiary alicyclic amines) is 1. The van der Waals surface area contributed by atoms with Crippen LogP contribution in [0.5, 0.6) is 0 Å². The quantitative estimate of drug-likeness (QED) is 0.897. The van der Waals surface area contributed by atoms with Gasteiger partial charge in [-0.2, -0.15) is 0 Å². The van der Waals surface area contributed by atoms with Gasteiger partial charge in [0.25, 0.3) is 0 Å². The first-order valence-electron chi connectivity index (χ1n) is 6.43. The van der Waals surface area contributed by atoms with E-state index in [-0.39, 0.29) is 11.8 Å². The molecule has 2 heterocycles. The smallest absolute Gasteiger partial charge is 0.326 e. The predicted molar refractivity (Wildman–Crippen MR) is 72.3 cm³/mol. The molecule has 1 amide bonds. The van der Waals surface area contributed by atoms with Crippen molar-refractivity contribution in [3.63, 3.8) is 0 Å². The zero-order valence-corrected chi connectivity index (χ0v) is 11.2. The summed E-state index contributed by atoms with van der Waals surface area (Å²) in [6.45, 7) is 0.569. The molecule has 0 radical (unpaired) electrons. The summed E-state index contributed by atoms with van der Waals surface area (Å²) in [6, 6.07) is 7.26. The highest BCUT2D eigenvalue weighted by atomic mass is 32.2. The lowest BCUT2D eigenvalue weighted by Crippen LogP contribution is -2.42. The summed E-state index contributed by atoms with van der Waals surface area (Å²) in [5.74, 6) is -0.366. The van der Waals surface area contributed by atoms with E-state index in [0.717, 1.165) is 22.6 Å². The topological polar surface area (TPSA) is 57.6 Å². The SMILES string of the molecule is O=C(O)C1CCCN1C(=O)C1CSc2ccccc21. The van der Waals surface area contributed by atoms with Gasteiger partial charge in [0, 0.05) is 17.2 Å². The monoisotopic (exact) mass is 277 g/mol. The van der Waals surface area contributed by atoms with Gasteiger partial charge >= 0.3 is 5.97 Å². The van der Waals surface area contributed by atoms with Crippen LogP contribution < -0.4 is 0 Å². The van der Waals surface area contributed by atoms with Gasteiger partial charge in [-0.15, -0.1) is 11.8 Å². The van der Waals surface area contributed by atoms with Crippen LogP contribution in [0, 0.1) is 0 Å². The third-order valence-electron chi connectivity index (χ3n) is 3.82. The molecule has 1 N–H and O–H groups in total. The van der Waals surface area contributed by atoms with Gasteiger partial charge in [-0.1, -0.05) is 18.2 Å². The molecule has 2 unspecified atom stereocenters. The van der Waals surface area contributed by atoms with Gasteiger partial charge in [0.15, 0.2) is 0 Å². The Morgan fingerprint density at radius 1 is 1.32 bits per heavy atom. The fourth-order valence-electron chi connectivity index (χ4n) is 2.85. The molecule has 2 aliphatic heterocycles. The third kappa shape index (κ3) is 2.12. The molecule has 2 atom stereocenters. The van der Waals surface area contributed by atoms with E-state index in [4.69, 9.17) is 0 Å². The largest absolute Gasteiger partial charge is 0.480 e. The average Bonchev–Trinajstić information content (AvgIpc) is 3.05. The van der Waals surface area contributed by atoms with Gasteiger partial charge in [0.05, 0.1) is 5.92 Å². The highest BCUT2D eigenvalue weighted by Crippen LogP contribution is 2.41. The number of carbonyl (C=O) groups is 2. The van der Waals surface area contributed by atoms with E-state index in [1.54, 1.807) is 16.7 Å².